The van der Waals surface area contributed by atoms with Crippen LogP contribution in [-0.2, 0) is 28.5 Å². The Bertz CT molecular complexity index is 1570. The van der Waals surface area contributed by atoms with Gasteiger partial charge in [0, 0.05) is 29.4 Å². The Morgan fingerprint density at radius 2 is 1.68 bits per heavy atom. The molecule has 4 aromatic rings. The lowest BCUT2D eigenvalue weighted by atomic mass is 9.88. The van der Waals surface area contributed by atoms with Gasteiger partial charge in [-0.25, -0.2) is 9.97 Å². The minimum Gasteiger partial charge on any atom is -0.493 e. The quantitative estimate of drug-likeness (QED) is 0.220. The predicted octanol–water partition coefficient (Wildman–Crippen LogP) is 7.53. The van der Waals surface area contributed by atoms with Crippen molar-refractivity contribution in [2.45, 2.75) is 50.1 Å². The lowest BCUT2D eigenvalue weighted by molar-refractivity contribution is -0.141. The van der Waals surface area contributed by atoms with Gasteiger partial charge in [0.15, 0.2) is 0 Å². The van der Waals surface area contributed by atoms with Crippen LogP contribution in [0, 0.1) is 0 Å². The van der Waals surface area contributed by atoms with Crippen molar-refractivity contribution in [2.24, 2.45) is 0 Å². The summed E-state index contributed by atoms with van der Waals surface area (Å²) in [6.07, 6.45) is 3.67. The summed E-state index contributed by atoms with van der Waals surface area (Å²) in [6.45, 7) is 0.453. The van der Waals surface area contributed by atoms with Gasteiger partial charge in [-0.3, -0.25) is 4.79 Å². The summed E-state index contributed by atoms with van der Waals surface area (Å²) >= 11 is 0. The van der Waals surface area contributed by atoms with Gasteiger partial charge >= 0.3 is 12.1 Å². The maximum atomic E-state index is 14.2. The number of alkyl halides is 3. The number of aromatic nitrogens is 2. The molecule has 1 aromatic heterocycles. The Morgan fingerprint density at radius 3 is 2.41 bits per heavy atom. The monoisotopic (exact) mass is 558 g/mol. The summed E-state index contributed by atoms with van der Waals surface area (Å²) in [4.78, 5) is 19.8. The van der Waals surface area contributed by atoms with Crippen molar-refractivity contribution in [1.82, 2.24) is 9.97 Å². The molecular formula is C33H29F3N2O3. The van der Waals surface area contributed by atoms with Gasteiger partial charge in [0.2, 0.25) is 0 Å². The van der Waals surface area contributed by atoms with E-state index >= 15 is 0 Å². The number of rotatable bonds is 7. The lowest BCUT2D eigenvalue weighted by Gasteiger charge is -2.19. The Kier molecular flexibility index (Phi) is 7.24. The minimum atomic E-state index is -4.45. The molecule has 2 heterocycles. The van der Waals surface area contributed by atoms with E-state index in [0.29, 0.717) is 18.6 Å². The normalized spacial score (nSPS) is 17.6. The van der Waals surface area contributed by atoms with Crippen LogP contribution in [0.15, 0.2) is 73.3 Å². The molecule has 0 saturated carbocycles. The summed E-state index contributed by atoms with van der Waals surface area (Å²) in [5.74, 6) is 0.702. The zero-order chi connectivity index (χ0) is 28.6. The number of aryl methyl sites for hydroxylation is 1. The SMILES string of the molecule is COC(=O)C[C@@H]1COc2cc(CC[C@@H]3CCc4c3ccc(C(F)(F)F)c4-c3ccc(-c4cncnc4)cc3)ccc21. The van der Waals surface area contributed by atoms with Gasteiger partial charge in [0.25, 0.3) is 0 Å². The highest BCUT2D eigenvalue weighted by Crippen LogP contribution is 2.47. The lowest BCUT2D eigenvalue weighted by Crippen LogP contribution is -2.09. The number of hydrogen-bond acceptors (Lipinski definition) is 5. The van der Waals surface area contributed by atoms with Crippen LogP contribution in [0.4, 0.5) is 13.2 Å². The predicted molar refractivity (Wildman–Crippen MR) is 149 cm³/mol. The number of hydrogen-bond donors (Lipinski definition) is 0. The van der Waals surface area contributed by atoms with E-state index in [0.717, 1.165) is 58.4 Å². The molecule has 0 amide bonds. The van der Waals surface area contributed by atoms with Gasteiger partial charge < -0.3 is 9.47 Å². The van der Waals surface area contributed by atoms with Crippen molar-refractivity contribution >= 4 is 5.97 Å². The van der Waals surface area contributed by atoms with E-state index < -0.39 is 11.7 Å². The van der Waals surface area contributed by atoms with E-state index in [1.807, 2.05) is 24.3 Å². The fraction of sp³-hybridized carbons (Fsp3) is 0.303. The summed E-state index contributed by atoms with van der Waals surface area (Å²) in [5, 5.41) is 0. The van der Waals surface area contributed by atoms with E-state index in [-0.39, 0.29) is 29.8 Å². The van der Waals surface area contributed by atoms with E-state index in [2.05, 4.69) is 16.0 Å². The first-order chi connectivity index (χ1) is 19.8. The van der Waals surface area contributed by atoms with Crippen molar-refractivity contribution < 1.29 is 27.4 Å². The minimum absolute atomic E-state index is 0.00968. The number of nitrogens with zero attached hydrogens (tertiary/aromatic N) is 2. The second-order valence-electron chi connectivity index (χ2n) is 10.7. The molecule has 0 radical (unpaired) electrons. The smallest absolute Gasteiger partial charge is 0.417 e. The number of methoxy groups -OCH3 is 1. The third-order valence-electron chi connectivity index (χ3n) is 8.28. The van der Waals surface area contributed by atoms with E-state index in [1.54, 1.807) is 30.6 Å². The van der Waals surface area contributed by atoms with Crippen molar-refractivity contribution in [3.63, 3.8) is 0 Å². The van der Waals surface area contributed by atoms with Crippen LogP contribution in [0.25, 0.3) is 22.3 Å². The van der Waals surface area contributed by atoms with Gasteiger partial charge in [-0.05, 0) is 77.1 Å². The number of fused-ring (bicyclic) bond motifs is 2. The first kappa shape index (κ1) is 27.0. The Balaban J connectivity index is 1.24. The van der Waals surface area contributed by atoms with Crippen LogP contribution in [0.2, 0.25) is 0 Å². The molecule has 41 heavy (non-hydrogen) atoms. The maximum absolute atomic E-state index is 14.2. The molecule has 2 aliphatic rings. The van der Waals surface area contributed by atoms with Gasteiger partial charge in [0.05, 0.1) is 25.7 Å². The largest absolute Gasteiger partial charge is 0.493 e. The Hall–Kier alpha value is -4.20. The van der Waals surface area contributed by atoms with Crippen LogP contribution in [0.5, 0.6) is 5.75 Å². The van der Waals surface area contributed by atoms with Gasteiger partial charge in [-0.15, -0.1) is 0 Å². The number of carbonyl (C=O) groups is 1. The summed E-state index contributed by atoms with van der Waals surface area (Å²) < 4.78 is 53.2. The molecule has 8 heteroatoms. The number of halogens is 3. The zero-order valence-electron chi connectivity index (χ0n) is 22.6. The van der Waals surface area contributed by atoms with Gasteiger partial charge in [-0.2, -0.15) is 13.2 Å². The first-order valence-corrected chi connectivity index (χ1v) is 13.7. The average Bonchev–Trinajstić information content (AvgIpc) is 3.59. The van der Waals surface area contributed by atoms with Crippen molar-refractivity contribution in [3.8, 4) is 28.0 Å². The third-order valence-corrected chi connectivity index (χ3v) is 8.28. The van der Waals surface area contributed by atoms with Gasteiger partial charge in [-0.1, -0.05) is 42.5 Å². The number of carbonyl (C=O) groups excluding carboxylic acids is 1. The molecule has 6 rings (SSSR count). The molecular weight excluding hydrogens is 529 g/mol. The molecule has 0 bridgehead atoms. The van der Waals surface area contributed by atoms with Crippen LogP contribution in [0.3, 0.4) is 0 Å². The Labute approximate surface area is 236 Å². The van der Waals surface area contributed by atoms with Crippen molar-refractivity contribution in [1.29, 1.82) is 0 Å². The van der Waals surface area contributed by atoms with Gasteiger partial charge in [0.1, 0.15) is 12.1 Å². The summed E-state index contributed by atoms with van der Waals surface area (Å²) in [6, 6.07) is 16.2. The van der Waals surface area contributed by atoms with E-state index in [9.17, 15) is 18.0 Å². The molecule has 0 fully saturated rings. The van der Waals surface area contributed by atoms with Crippen LogP contribution >= 0.6 is 0 Å². The first-order valence-electron chi connectivity index (χ1n) is 13.7. The van der Waals surface area contributed by atoms with E-state index in [4.69, 9.17) is 9.47 Å². The molecule has 210 valence electrons. The van der Waals surface area contributed by atoms with E-state index in [1.165, 1.54) is 19.5 Å². The van der Waals surface area contributed by atoms with Crippen LogP contribution in [-0.4, -0.2) is 29.7 Å². The molecule has 0 N–H and O–H groups in total. The fourth-order valence-electron chi connectivity index (χ4n) is 6.20. The molecule has 2 atom stereocenters. The summed E-state index contributed by atoms with van der Waals surface area (Å²) in [5.41, 5.74) is 5.85. The fourth-order valence-corrected chi connectivity index (χ4v) is 6.20. The molecule has 0 unspecified atom stereocenters. The van der Waals surface area contributed by atoms with Crippen molar-refractivity contribution in [3.05, 3.63) is 101 Å². The summed E-state index contributed by atoms with van der Waals surface area (Å²) in [7, 11) is 1.38. The molecule has 1 aliphatic heterocycles. The number of ether oxygens (including phenoxy) is 2. The molecule has 0 spiro atoms. The standard InChI is InChI=1S/C33H29F3N2O3/c1-40-31(39)15-24-18-41-30-14-20(3-10-27(24)30)2-4-22-9-11-28-26(22)12-13-29(33(34,35)36)32(28)23-7-5-21(6-8-23)25-16-37-19-38-17-25/h3,5-8,10,12-14,16-17,19,22,24H,2,4,9,11,15,18H2,1H3/t22-,24-/m1/s1. The van der Waals surface area contributed by atoms with Crippen LogP contribution in [0.1, 0.15) is 58.9 Å². The molecule has 3 aromatic carbocycles. The number of esters is 1. The van der Waals surface area contributed by atoms with Crippen molar-refractivity contribution in [2.75, 3.05) is 13.7 Å². The highest BCUT2D eigenvalue weighted by molar-refractivity contribution is 5.77. The second-order valence-corrected chi connectivity index (χ2v) is 10.7. The average molecular weight is 559 g/mol. The molecule has 1 aliphatic carbocycles. The number of benzene rings is 3. The second kappa shape index (κ2) is 11.0. The van der Waals surface area contributed by atoms with Crippen LogP contribution < -0.4 is 4.74 Å². The highest BCUT2D eigenvalue weighted by Gasteiger charge is 2.37. The maximum Gasteiger partial charge on any atom is 0.417 e. The third kappa shape index (κ3) is 5.43. The Morgan fingerprint density at radius 1 is 0.951 bits per heavy atom. The topological polar surface area (TPSA) is 61.3 Å². The molecule has 5 nitrogen and oxygen atoms in total. The zero-order valence-corrected chi connectivity index (χ0v) is 22.6. The molecule has 0 saturated heterocycles. The highest BCUT2D eigenvalue weighted by atomic mass is 19.4.